The van der Waals surface area contributed by atoms with Gasteiger partial charge in [0, 0.05) is 11.6 Å². The largest absolute Gasteiger partial charge is 0.479 e. The van der Waals surface area contributed by atoms with E-state index in [1.54, 1.807) is 6.20 Å². The van der Waals surface area contributed by atoms with E-state index in [1.807, 2.05) is 12.3 Å². The molecule has 0 aromatic carbocycles. The zero-order valence-electron chi connectivity index (χ0n) is 7.77. The molecule has 4 nitrogen and oxygen atoms in total. The number of nitrogens with zero attached hydrogens (tertiary/aromatic N) is 1. The van der Waals surface area contributed by atoms with Crippen molar-refractivity contribution >= 4 is 17.3 Å². The molecule has 0 radical (unpaired) electrons. The molecule has 0 bridgehead atoms. The minimum Gasteiger partial charge on any atom is -0.479 e. The van der Waals surface area contributed by atoms with Gasteiger partial charge < -0.3 is 9.84 Å². The standard InChI is InChI=1S/C9H11NO3S/c1-9(8-10-4-5-14-8)3-2-6(13-9)7(11)12/h4-6H,2-3H2,1H3,(H,11,12). The van der Waals surface area contributed by atoms with Gasteiger partial charge in [0.05, 0.1) is 0 Å². The van der Waals surface area contributed by atoms with Crippen molar-refractivity contribution in [2.45, 2.75) is 31.5 Å². The fourth-order valence-corrected chi connectivity index (χ4v) is 2.43. The average molecular weight is 213 g/mol. The molecule has 2 rings (SSSR count). The van der Waals surface area contributed by atoms with Crippen molar-refractivity contribution < 1.29 is 14.6 Å². The molecule has 76 valence electrons. The normalized spacial score (nSPS) is 31.9. The van der Waals surface area contributed by atoms with Crippen LogP contribution in [0.25, 0.3) is 0 Å². The van der Waals surface area contributed by atoms with Gasteiger partial charge in [-0.05, 0) is 19.8 Å². The lowest BCUT2D eigenvalue weighted by atomic mass is 10.0. The maximum atomic E-state index is 10.7. The summed E-state index contributed by atoms with van der Waals surface area (Å²) < 4.78 is 5.50. The highest BCUT2D eigenvalue weighted by atomic mass is 32.1. The van der Waals surface area contributed by atoms with Gasteiger partial charge in [-0.2, -0.15) is 0 Å². The zero-order chi connectivity index (χ0) is 10.2. The Morgan fingerprint density at radius 1 is 1.86 bits per heavy atom. The summed E-state index contributed by atoms with van der Waals surface area (Å²) in [6.07, 6.45) is 2.31. The highest BCUT2D eigenvalue weighted by Gasteiger charge is 2.42. The van der Waals surface area contributed by atoms with Crippen molar-refractivity contribution in [2.75, 3.05) is 0 Å². The number of hydrogen-bond acceptors (Lipinski definition) is 4. The first-order valence-electron chi connectivity index (χ1n) is 4.42. The molecule has 0 spiro atoms. The minimum atomic E-state index is -0.884. The van der Waals surface area contributed by atoms with E-state index in [2.05, 4.69) is 4.98 Å². The number of rotatable bonds is 2. The van der Waals surface area contributed by atoms with Crippen LogP contribution >= 0.6 is 11.3 Å². The van der Waals surface area contributed by atoms with Crippen LogP contribution in [0.1, 0.15) is 24.8 Å². The molecule has 14 heavy (non-hydrogen) atoms. The van der Waals surface area contributed by atoms with Crippen molar-refractivity contribution in [1.82, 2.24) is 4.98 Å². The topological polar surface area (TPSA) is 59.4 Å². The van der Waals surface area contributed by atoms with Gasteiger partial charge in [-0.1, -0.05) is 0 Å². The van der Waals surface area contributed by atoms with Crippen LogP contribution in [0.4, 0.5) is 0 Å². The number of ether oxygens (including phenoxy) is 1. The second-order valence-electron chi connectivity index (χ2n) is 3.55. The number of aliphatic carboxylic acids is 1. The number of carbonyl (C=O) groups is 1. The molecule has 0 aliphatic carbocycles. The maximum Gasteiger partial charge on any atom is 0.332 e. The summed E-state index contributed by atoms with van der Waals surface area (Å²) in [5.41, 5.74) is -0.503. The molecule has 2 atom stereocenters. The molecular formula is C9H11NO3S. The summed E-state index contributed by atoms with van der Waals surface area (Å²) in [7, 11) is 0. The molecule has 1 fully saturated rings. The molecule has 1 saturated heterocycles. The Hall–Kier alpha value is -0.940. The van der Waals surface area contributed by atoms with E-state index in [0.717, 1.165) is 11.4 Å². The first-order valence-corrected chi connectivity index (χ1v) is 5.30. The lowest BCUT2D eigenvalue weighted by Gasteiger charge is -2.20. The zero-order valence-corrected chi connectivity index (χ0v) is 8.58. The smallest absolute Gasteiger partial charge is 0.332 e. The van der Waals surface area contributed by atoms with Gasteiger partial charge in [-0.15, -0.1) is 11.3 Å². The van der Waals surface area contributed by atoms with Crippen LogP contribution in [0.5, 0.6) is 0 Å². The van der Waals surface area contributed by atoms with Crippen LogP contribution < -0.4 is 0 Å². The summed E-state index contributed by atoms with van der Waals surface area (Å²) in [6.45, 7) is 1.90. The third-order valence-electron chi connectivity index (χ3n) is 2.45. The van der Waals surface area contributed by atoms with Gasteiger partial charge in [0.25, 0.3) is 0 Å². The second-order valence-corrected chi connectivity index (χ2v) is 4.45. The molecule has 2 heterocycles. The molecular weight excluding hydrogens is 202 g/mol. The van der Waals surface area contributed by atoms with Crippen molar-refractivity contribution in [2.24, 2.45) is 0 Å². The minimum absolute atomic E-state index is 0.503. The molecule has 5 heteroatoms. The van der Waals surface area contributed by atoms with Gasteiger partial charge >= 0.3 is 5.97 Å². The molecule has 0 amide bonds. The fourth-order valence-electron chi connectivity index (χ4n) is 1.65. The van der Waals surface area contributed by atoms with E-state index in [0.29, 0.717) is 6.42 Å². The Morgan fingerprint density at radius 3 is 3.14 bits per heavy atom. The molecule has 2 unspecified atom stereocenters. The third kappa shape index (κ3) is 1.53. The lowest BCUT2D eigenvalue weighted by Crippen LogP contribution is -2.26. The van der Waals surface area contributed by atoms with Crippen molar-refractivity contribution in [3.63, 3.8) is 0 Å². The number of carboxylic acid groups (broad SMARTS) is 1. The van der Waals surface area contributed by atoms with E-state index < -0.39 is 17.7 Å². The van der Waals surface area contributed by atoms with E-state index >= 15 is 0 Å². The van der Waals surface area contributed by atoms with E-state index in [1.165, 1.54) is 11.3 Å². The summed E-state index contributed by atoms with van der Waals surface area (Å²) in [5, 5.41) is 11.5. The van der Waals surface area contributed by atoms with E-state index in [4.69, 9.17) is 9.84 Å². The Kier molecular flexibility index (Phi) is 2.28. The number of thiazole rings is 1. The van der Waals surface area contributed by atoms with Crippen LogP contribution in [0.15, 0.2) is 11.6 Å². The Labute approximate surface area is 85.5 Å². The summed E-state index contributed by atoms with van der Waals surface area (Å²) in [4.78, 5) is 14.9. The van der Waals surface area contributed by atoms with E-state index in [9.17, 15) is 4.79 Å². The van der Waals surface area contributed by atoms with Gasteiger partial charge in [-0.25, -0.2) is 9.78 Å². The Balaban J connectivity index is 2.17. The highest BCUT2D eigenvalue weighted by molar-refractivity contribution is 7.09. The third-order valence-corrected chi connectivity index (χ3v) is 3.46. The molecule has 1 aromatic heterocycles. The summed E-state index contributed by atoms with van der Waals surface area (Å²) in [5.74, 6) is -0.884. The molecule has 1 aliphatic heterocycles. The SMILES string of the molecule is CC1(c2nccs2)CCC(C(=O)O)O1. The van der Waals surface area contributed by atoms with Gasteiger partial charge in [0.15, 0.2) is 6.10 Å². The van der Waals surface area contributed by atoms with Crippen LogP contribution in [-0.2, 0) is 15.1 Å². The van der Waals surface area contributed by atoms with Gasteiger partial charge in [-0.3, -0.25) is 0 Å². The summed E-state index contributed by atoms with van der Waals surface area (Å²) in [6, 6.07) is 0. The predicted octanol–water partition coefficient (Wildman–Crippen LogP) is 1.62. The van der Waals surface area contributed by atoms with Gasteiger partial charge in [0.2, 0.25) is 0 Å². The first-order chi connectivity index (χ1) is 6.62. The van der Waals surface area contributed by atoms with Crippen LogP contribution in [0.2, 0.25) is 0 Å². The number of aromatic nitrogens is 1. The lowest BCUT2D eigenvalue weighted by molar-refractivity contribution is -0.154. The van der Waals surface area contributed by atoms with Crippen molar-refractivity contribution in [3.05, 3.63) is 16.6 Å². The van der Waals surface area contributed by atoms with Crippen LogP contribution in [0.3, 0.4) is 0 Å². The van der Waals surface area contributed by atoms with Crippen molar-refractivity contribution in [1.29, 1.82) is 0 Å². The van der Waals surface area contributed by atoms with Crippen LogP contribution in [0, 0.1) is 0 Å². The quantitative estimate of drug-likeness (QED) is 0.811. The molecule has 1 N–H and O–H groups in total. The van der Waals surface area contributed by atoms with Gasteiger partial charge in [0.1, 0.15) is 10.6 Å². The number of hydrogen-bond donors (Lipinski definition) is 1. The van der Waals surface area contributed by atoms with Crippen LogP contribution in [-0.4, -0.2) is 22.2 Å². The monoisotopic (exact) mass is 213 g/mol. The predicted molar refractivity (Wildman–Crippen MR) is 51.2 cm³/mol. The molecule has 0 saturated carbocycles. The maximum absolute atomic E-state index is 10.7. The fraction of sp³-hybridized carbons (Fsp3) is 0.556. The number of carboxylic acids is 1. The Morgan fingerprint density at radius 2 is 2.64 bits per heavy atom. The average Bonchev–Trinajstić information content (AvgIpc) is 2.71. The first kappa shape index (κ1) is 9.61. The highest BCUT2D eigenvalue weighted by Crippen LogP contribution is 2.39. The second kappa shape index (κ2) is 3.33. The van der Waals surface area contributed by atoms with Crippen molar-refractivity contribution in [3.8, 4) is 0 Å². The molecule has 1 aliphatic rings. The van der Waals surface area contributed by atoms with E-state index in [-0.39, 0.29) is 0 Å². The summed E-state index contributed by atoms with van der Waals surface area (Å²) >= 11 is 1.50. The Bertz CT molecular complexity index is 338. The molecule has 1 aromatic rings.